The first-order valence-electron chi connectivity index (χ1n) is 12.0. The molecule has 0 aliphatic carbocycles. The number of anilines is 2. The lowest BCUT2D eigenvalue weighted by molar-refractivity contribution is 0.102. The Morgan fingerprint density at radius 2 is 2.03 bits per heavy atom. The third kappa shape index (κ3) is 3.99. The molecule has 1 fully saturated rings. The first-order valence-corrected chi connectivity index (χ1v) is 12.0. The summed E-state index contributed by atoms with van der Waals surface area (Å²) in [5.74, 6) is 0.567. The van der Waals surface area contributed by atoms with Crippen molar-refractivity contribution in [3.05, 3.63) is 54.5 Å². The molecule has 1 aliphatic rings. The molecule has 0 bridgehead atoms. The molecule has 188 valence electrons. The summed E-state index contributed by atoms with van der Waals surface area (Å²) in [6.45, 7) is 1.83. The summed E-state index contributed by atoms with van der Waals surface area (Å²) in [6.07, 6.45) is 3.35. The highest BCUT2D eigenvalue weighted by Gasteiger charge is 2.24. The highest BCUT2D eigenvalue weighted by Crippen LogP contribution is 2.37. The zero-order valence-corrected chi connectivity index (χ0v) is 20.2. The first kappa shape index (κ1) is 22.8. The van der Waals surface area contributed by atoms with Crippen LogP contribution in [-0.2, 0) is 0 Å². The van der Waals surface area contributed by atoms with Gasteiger partial charge >= 0.3 is 0 Å². The zero-order valence-electron chi connectivity index (χ0n) is 20.2. The number of aromatic amines is 1. The van der Waals surface area contributed by atoms with Crippen LogP contribution in [0, 0.1) is 0 Å². The summed E-state index contributed by atoms with van der Waals surface area (Å²) in [6, 6.07) is 12.3. The smallest absolute Gasteiger partial charge is 0.272 e. The van der Waals surface area contributed by atoms with Crippen molar-refractivity contribution in [1.29, 1.82) is 0 Å². The van der Waals surface area contributed by atoms with E-state index in [-0.39, 0.29) is 17.7 Å². The number of piperidine rings is 1. The molecule has 5 aromatic rings. The summed E-state index contributed by atoms with van der Waals surface area (Å²) in [5.41, 5.74) is 9.89. The van der Waals surface area contributed by atoms with Gasteiger partial charge in [-0.2, -0.15) is 5.10 Å². The van der Waals surface area contributed by atoms with Crippen molar-refractivity contribution in [3.8, 4) is 22.8 Å². The molecule has 11 nitrogen and oxygen atoms in total. The summed E-state index contributed by atoms with van der Waals surface area (Å²) in [5, 5.41) is 22.5. The number of nitrogens with zero attached hydrogens (tertiary/aromatic N) is 4. The van der Waals surface area contributed by atoms with E-state index in [0.717, 1.165) is 31.5 Å². The Hall–Kier alpha value is -4.64. The number of methoxy groups -OCH3 is 1. The highest BCUT2D eigenvalue weighted by molar-refractivity contribution is 6.07. The summed E-state index contributed by atoms with van der Waals surface area (Å²) in [4.78, 5) is 24.7. The molecule has 1 amide bonds. The topological polar surface area (TPSA) is 156 Å². The maximum absolute atomic E-state index is 13.0. The van der Waals surface area contributed by atoms with Crippen molar-refractivity contribution in [2.75, 3.05) is 31.2 Å². The Labute approximate surface area is 211 Å². The van der Waals surface area contributed by atoms with E-state index >= 15 is 0 Å². The molecule has 6 N–H and O–H groups in total. The second kappa shape index (κ2) is 9.10. The van der Waals surface area contributed by atoms with Crippen LogP contribution in [-0.4, -0.2) is 55.9 Å². The summed E-state index contributed by atoms with van der Waals surface area (Å²) in [7, 11) is 1.54. The number of nitrogens with one attached hydrogen (secondary N) is 3. The number of hydrogen-bond donors (Lipinski definition) is 5. The minimum Gasteiger partial charge on any atom is -0.507 e. The molecule has 11 heteroatoms. The van der Waals surface area contributed by atoms with Gasteiger partial charge in [-0.15, -0.1) is 0 Å². The Balaban J connectivity index is 1.36. The average molecular weight is 499 g/mol. The van der Waals surface area contributed by atoms with Crippen LogP contribution >= 0.6 is 0 Å². The van der Waals surface area contributed by atoms with E-state index in [9.17, 15) is 9.90 Å². The van der Waals surface area contributed by atoms with Crippen molar-refractivity contribution in [3.63, 3.8) is 0 Å². The van der Waals surface area contributed by atoms with Gasteiger partial charge in [-0.25, -0.2) is 14.6 Å². The Kier molecular flexibility index (Phi) is 5.61. The second-order valence-electron chi connectivity index (χ2n) is 9.02. The molecule has 37 heavy (non-hydrogen) atoms. The number of ether oxygens (including phenoxy) is 1. The van der Waals surface area contributed by atoms with E-state index in [4.69, 9.17) is 15.6 Å². The third-order valence-corrected chi connectivity index (χ3v) is 6.78. The fraction of sp³-hybridized carbons (Fsp3) is 0.231. The molecule has 2 aromatic carbocycles. The van der Waals surface area contributed by atoms with E-state index < -0.39 is 0 Å². The van der Waals surface area contributed by atoms with Gasteiger partial charge in [-0.1, -0.05) is 12.1 Å². The van der Waals surface area contributed by atoms with Crippen LogP contribution in [0.15, 0.2) is 48.8 Å². The van der Waals surface area contributed by atoms with Crippen LogP contribution in [0.3, 0.4) is 0 Å². The molecule has 3 aromatic heterocycles. The van der Waals surface area contributed by atoms with Gasteiger partial charge in [0.2, 0.25) is 0 Å². The van der Waals surface area contributed by atoms with Crippen LogP contribution in [0.4, 0.5) is 11.5 Å². The first-order chi connectivity index (χ1) is 18.0. The Bertz CT molecular complexity index is 1630. The number of carbonyl (C=O) groups is 1. The van der Waals surface area contributed by atoms with Gasteiger partial charge in [-0.05, 0) is 56.3 Å². The van der Waals surface area contributed by atoms with Gasteiger partial charge in [0, 0.05) is 16.5 Å². The number of benzene rings is 2. The van der Waals surface area contributed by atoms with Crippen LogP contribution in [0.5, 0.6) is 11.5 Å². The van der Waals surface area contributed by atoms with E-state index in [1.807, 2.05) is 16.8 Å². The maximum atomic E-state index is 13.0. The molecule has 4 heterocycles. The number of nitrogens with two attached hydrogens (primary N) is 1. The number of rotatable bonds is 5. The largest absolute Gasteiger partial charge is 0.507 e. The number of phenolic OH excluding ortho intramolecular Hbond substituents is 1. The number of nitrogen functional groups attached to an aromatic ring is 1. The monoisotopic (exact) mass is 498 g/mol. The van der Waals surface area contributed by atoms with Crippen molar-refractivity contribution < 1.29 is 14.6 Å². The minimum atomic E-state index is -0.361. The SMILES string of the molecule is COc1cc(-c2nn(C3CCNCC3)c3ncnc(N)c23)ccc1NC(=O)c1cc2c(O)cccc2[nH]1. The molecule has 6 rings (SSSR count). The number of H-pyrrole nitrogens is 1. The molecule has 0 spiro atoms. The molecule has 0 unspecified atom stereocenters. The fourth-order valence-electron chi connectivity index (χ4n) is 4.90. The van der Waals surface area contributed by atoms with Gasteiger partial charge in [0.25, 0.3) is 5.91 Å². The molecule has 1 saturated heterocycles. The van der Waals surface area contributed by atoms with E-state index in [1.165, 1.54) is 6.33 Å². The molecular weight excluding hydrogens is 472 g/mol. The second-order valence-corrected chi connectivity index (χ2v) is 9.02. The average Bonchev–Trinajstić information content (AvgIpc) is 3.54. The van der Waals surface area contributed by atoms with Crippen LogP contribution in [0.2, 0.25) is 0 Å². The number of aromatic nitrogens is 5. The fourth-order valence-corrected chi connectivity index (χ4v) is 4.90. The van der Waals surface area contributed by atoms with Crippen LogP contribution in [0.25, 0.3) is 33.2 Å². The van der Waals surface area contributed by atoms with Crippen molar-refractivity contribution in [1.82, 2.24) is 30.0 Å². The van der Waals surface area contributed by atoms with Gasteiger partial charge < -0.3 is 31.2 Å². The number of hydrogen-bond acceptors (Lipinski definition) is 8. The van der Waals surface area contributed by atoms with Crippen LogP contribution < -0.4 is 21.1 Å². The van der Waals surface area contributed by atoms with Gasteiger partial charge in [0.1, 0.15) is 35.0 Å². The van der Waals surface area contributed by atoms with Gasteiger partial charge in [0.05, 0.1) is 24.2 Å². The Morgan fingerprint density at radius 3 is 2.81 bits per heavy atom. The highest BCUT2D eigenvalue weighted by atomic mass is 16.5. The zero-order chi connectivity index (χ0) is 25.5. The predicted molar refractivity (Wildman–Crippen MR) is 141 cm³/mol. The van der Waals surface area contributed by atoms with E-state index in [2.05, 4.69) is 25.6 Å². The maximum Gasteiger partial charge on any atom is 0.272 e. The molecule has 0 radical (unpaired) electrons. The molecule has 1 aliphatic heterocycles. The Morgan fingerprint density at radius 1 is 1.19 bits per heavy atom. The predicted octanol–water partition coefficient (Wildman–Crippen LogP) is 3.45. The van der Waals surface area contributed by atoms with Crippen molar-refractivity contribution in [2.45, 2.75) is 18.9 Å². The lowest BCUT2D eigenvalue weighted by Crippen LogP contribution is -2.30. The third-order valence-electron chi connectivity index (χ3n) is 6.78. The van der Waals surface area contributed by atoms with Gasteiger partial charge in [0.15, 0.2) is 5.65 Å². The number of fused-ring (bicyclic) bond motifs is 2. The molecule has 0 atom stereocenters. The van der Waals surface area contributed by atoms with E-state index in [0.29, 0.717) is 50.6 Å². The quantitative estimate of drug-likeness (QED) is 0.247. The van der Waals surface area contributed by atoms with Crippen LogP contribution in [0.1, 0.15) is 29.4 Å². The van der Waals surface area contributed by atoms with Crippen molar-refractivity contribution >= 4 is 39.3 Å². The van der Waals surface area contributed by atoms with Gasteiger partial charge in [-0.3, -0.25) is 4.79 Å². The lowest BCUT2D eigenvalue weighted by Gasteiger charge is -2.23. The molecular formula is C26H26N8O3. The summed E-state index contributed by atoms with van der Waals surface area (Å²) >= 11 is 0. The standard InChI is InChI=1S/C26H26N8O3/c1-37-21-11-14(5-6-18(21)32-26(36)19-12-16-17(31-19)3-2-4-20(16)35)23-22-24(27)29-13-30-25(22)34(33-23)15-7-9-28-10-8-15/h2-6,11-13,15,28,31,35H,7-10H2,1H3,(H,32,36)(H2,27,29,30). The molecule has 0 saturated carbocycles. The lowest BCUT2D eigenvalue weighted by atomic mass is 10.1. The minimum absolute atomic E-state index is 0.106. The number of phenols is 1. The van der Waals surface area contributed by atoms with E-state index in [1.54, 1.807) is 37.4 Å². The summed E-state index contributed by atoms with van der Waals surface area (Å²) < 4.78 is 7.57. The number of carbonyl (C=O) groups excluding carboxylic acids is 1. The number of amides is 1. The van der Waals surface area contributed by atoms with Crippen molar-refractivity contribution in [2.24, 2.45) is 0 Å². The normalized spacial score (nSPS) is 14.3. The number of aromatic hydroxyl groups is 1.